The van der Waals surface area contributed by atoms with Gasteiger partial charge < -0.3 is 0 Å². The van der Waals surface area contributed by atoms with Crippen molar-refractivity contribution < 1.29 is 0 Å². The smallest absolute Gasteiger partial charge is 0.0307 e. The van der Waals surface area contributed by atoms with Crippen LogP contribution in [0, 0.1) is 0 Å². The number of hydrogen-bond acceptors (Lipinski definition) is 0. The molecule has 0 radical (unpaired) electrons. The molecular formula is C6H13Cl. The molecule has 44 valence electrons. The van der Waals surface area contributed by atoms with E-state index in [0.717, 1.165) is 6.42 Å². The first-order chi connectivity index (χ1) is 3.27. The van der Waals surface area contributed by atoms with Gasteiger partial charge in [0.15, 0.2) is 0 Å². The second-order valence-electron chi connectivity index (χ2n) is 1.92. The molecular weight excluding hydrogens is 108 g/mol. The summed E-state index contributed by atoms with van der Waals surface area (Å²) in [5, 5.41) is 0.375. The molecule has 0 bridgehead atoms. The minimum absolute atomic E-state index is 0.375. The molecule has 0 nitrogen and oxygen atoms in total. The Hall–Kier alpha value is 0.290. The molecule has 7 heavy (non-hydrogen) atoms. The molecule has 0 amide bonds. The van der Waals surface area contributed by atoms with Crippen molar-refractivity contribution in [1.29, 1.82) is 0 Å². The largest absolute Gasteiger partial charge is 0.123 e. The van der Waals surface area contributed by atoms with Crippen LogP contribution in [0.15, 0.2) is 0 Å². The van der Waals surface area contributed by atoms with Crippen LogP contribution in [0.5, 0.6) is 0 Å². The highest BCUT2D eigenvalue weighted by Crippen LogP contribution is 2.04. The van der Waals surface area contributed by atoms with Gasteiger partial charge in [0, 0.05) is 5.38 Å². The lowest BCUT2D eigenvalue weighted by atomic mass is 10.2. The number of alkyl halides is 1. The number of hydrogen-bond donors (Lipinski definition) is 0. The van der Waals surface area contributed by atoms with E-state index in [0.29, 0.717) is 5.38 Å². The Labute approximate surface area is 50.9 Å². The quantitative estimate of drug-likeness (QED) is 0.503. The molecule has 0 rings (SSSR count). The van der Waals surface area contributed by atoms with Crippen LogP contribution in [0.2, 0.25) is 0 Å². The summed E-state index contributed by atoms with van der Waals surface area (Å²) in [5.41, 5.74) is 0. The Morgan fingerprint density at radius 3 is 2.29 bits per heavy atom. The molecule has 0 aromatic rings. The third kappa shape index (κ3) is 6.29. The highest BCUT2D eigenvalue weighted by molar-refractivity contribution is 6.20. The van der Waals surface area contributed by atoms with Crippen LogP contribution in [-0.2, 0) is 0 Å². The van der Waals surface area contributed by atoms with E-state index in [1.165, 1.54) is 12.8 Å². The van der Waals surface area contributed by atoms with Crippen molar-refractivity contribution in [3.8, 4) is 0 Å². The van der Waals surface area contributed by atoms with Crippen molar-refractivity contribution in [2.75, 3.05) is 0 Å². The summed E-state index contributed by atoms with van der Waals surface area (Å²) in [7, 11) is 0. The van der Waals surface area contributed by atoms with E-state index in [9.17, 15) is 0 Å². The molecule has 0 aromatic carbocycles. The van der Waals surface area contributed by atoms with Crippen LogP contribution in [0.25, 0.3) is 0 Å². The topological polar surface area (TPSA) is 0 Å². The fraction of sp³-hybridized carbons (Fsp3) is 1.00. The minimum atomic E-state index is 0.375. The van der Waals surface area contributed by atoms with Crippen LogP contribution in [0.1, 0.15) is 33.1 Å². The highest BCUT2D eigenvalue weighted by Gasteiger charge is 1.91. The van der Waals surface area contributed by atoms with Gasteiger partial charge in [-0.3, -0.25) is 0 Å². The number of rotatable bonds is 3. The molecule has 0 aliphatic carbocycles. The van der Waals surface area contributed by atoms with Gasteiger partial charge >= 0.3 is 0 Å². The van der Waals surface area contributed by atoms with Gasteiger partial charge in [0.2, 0.25) is 0 Å². The molecule has 0 spiro atoms. The van der Waals surface area contributed by atoms with E-state index in [1.54, 1.807) is 0 Å². The van der Waals surface area contributed by atoms with Crippen LogP contribution in [0.4, 0.5) is 0 Å². The fourth-order valence-electron chi connectivity index (χ4n) is 0.485. The van der Waals surface area contributed by atoms with Crippen molar-refractivity contribution in [3.63, 3.8) is 0 Å². The number of unbranched alkanes of at least 4 members (excludes halogenated alkanes) is 1. The summed E-state index contributed by atoms with van der Waals surface area (Å²) in [5.74, 6) is 0. The SMILES string of the molecule is CCCC[C@@H](C)Cl. The first-order valence-corrected chi connectivity index (χ1v) is 3.35. The first-order valence-electron chi connectivity index (χ1n) is 2.91. The Kier molecular flexibility index (Phi) is 4.63. The lowest BCUT2D eigenvalue weighted by Gasteiger charge is -1.96. The van der Waals surface area contributed by atoms with E-state index < -0.39 is 0 Å². The van der Waals surface area contributed by atoms with Crippen molar-refractivity contribution in [1.82, 2.24) is 0 Å². The Morgan fingerprint density at radius 2 is 2.14 bits per heavy atom. The predicted octanol–water partition coefficient (Wildman–Crippen LogP) is 2.80. The fourth-order valence-corrected chi connectivity index (χ4v) is 0.640. The molecule has 0 aromatic heterocycles. The molecule has 0 aliphatic heterocycles. The lowest BCUT2D eigenvalue weighted by Crippen LogP contribution is -1.87. The Morgan fingerprint density at radius 1 is 1.57 bits per heavy atom. The monoisotopic (exact) mass is 120 g/mol. The zero-order chi connectivity index (χ0) is 5.70. The normalized spacial score (nSPS) is 14.1. The summed E-state index contributed by atoms with van der Waals surface area (Å²) >= 11 is 5.66. The van der Waals surface area contributed by atoms with Gasteiger partial charge in [-0.25, -0.2) is 0 Å². The second kappa shape index (κ2) is 4.45. The number of halogens is 1. The third-order valence-corrected chi connectivity index (χ3v) is 1.17. The van der Waals surface area contributed by atoms with E-state index >= 15 is 0 Å². The molecule has 0 saturated heterocycles. The molecule has 0 heterocycles. The van der Waals surface area contributed by atoms with Gasteiger partial charge in [-0.05, 0) is 13.3 Å². The standard InChI is InChI=1S/C6H13Cl/c1-3-4-5-6(2)7/h6H,3-5H2,1-2H3/t6-/m1/s1. The van der Waals surface area contributed by atoms with Crippen LogP contribution in [-0.4, -0.2) is 5.38 Å². The molecule has 0 saturated carbocycles. The summed E-state index contributed by atoms with van der Waals surface area (Å²) < 4.78 is 0. The molecule has 0 N–H and O–H groups in total. The maximum Gasteiger partial charge on any atom is 0.0307 e. The van der Waals surface area contributed by atoms with Crippen molar-refractivity contribution in [2.45, 2.75) is 38.5 Å². The summed E-state index contributed by atoms with van der Waals surface area (Å²) in [4.78, 5) is 0. The maximum atomic E-state index is 5.66. The van der Waals surface area contributed by atoms with E-state index in [1.807, 2.05) is 6.92 Å². The molecule has 0 fully saturated rings. The molecule has 0 aliphatic rings. The lowest BCUT2D eigenvalue weighted by molar-refractivity contribution is 0.708. The van der Waals surface area contributed by atoms with Crippen LogP contribution in [0.3, 0.4) is 0 Å². The van der Waals surface area contributed by atoms with Gasteiger partial charge in [0.05, 0.1) is 0 Å². The van der Waals surface area contributed by atoms with Gasteiger partial charge in [-0.2, -0.15) is 0 Å². The van der Waals surface area contributed by atoms with E-state index in [2.05, 4.69) is 6.92 Å². The second-order valence-corrected chi connectivity index (χ2v) is 2.67. The third-order valence-electron chi connectivity index (χ3n) is 0.955. The average Bonchev–Trinajstić information content (AvgIpc) is 1.61. The maximum absolute atomic E-state index is 5.66. The zero-order valence-corrected chi connectivity index (χ0v) is 5.83. The summed E-state index contributed by atoms with van der Waals surface area (Å²) in [6.45, 7) is 4.22. The van der Waals surface area contributed by atoms with Crippen LogP contribution >= 0.6 is 11.6 Å². The summed E-state index contributed by atoms with van der Waals surface area (Å²) in [6.07, 6.45) is 3.69. The van der Waals surface area contributed by atoms with Gasteiger partial charge in [0.1, 0.15) is 0 Å². The van der Waals surface area contributed by atoms with E-state index in [-0.39, 0.29) is 0 Å². The van der Waals surface area contributed by atoms with Crippen LogP contribution < -0.4 is 0 Å². The van der Waals surface area contributed by atoms with Crippen molar-refractivity contribution in [2.24, 2.45) is 0 Å². The molecule has 0 unspecified atom stereocenters. The zero-order valence-electron chi connectivity index (χ0n) is 5.08. The Balaban J connectivity index is 2.68. The first kappa shape index (κ1) is 7.29. The van der Waals surface area contributed by atoms with Crippen molar-refractivity contribution in [3.05, 3.63) is 0 Å². The van der Waals surface area contributed by atoms with Gasteiger partial charge in [-0.1, -0.05) is 19.8 Å². The predicted molar refractivity (Wildman–Crippen MR) is 34.8 cm³/mol. The highest BCUT2D eigenvalue weighted by atomic mass is 35.5. The van der Waals surface area contributed by atoms with Crippen molar-refractivity contribution >= 4 is 11.6 Å². The molecule has 1 atom stereocenters. The minimum Gasteiger partial charge on any atom is -0.123 e. The Bertz CT molecular complexity index is 33.2. The average molecular weight is 121 g/mol. The van der Waals surface area contributed by atoms with Gasteiger partial charge in [-0.15, -0.1) is 11.6 Å². The molecule has 1 heteroatoms. The van der Waals surface area contributed by atoms with Gasteiger partial charge in [0.25, 0.3) is 0 Å². The summed E-state index contributed by atoms with van der Waals surface area (Å²) in [6, 6.07) is 0. The van der Waals surface area contributed by atoms with E-state index in [4.69, 9.17) is 11.6 Å².